The number of para-hydroxylation sites is 2. The SMILES string of the molecule is CC(c1coc2ccccc12)(c1coc2ccccc12)N(O)C(N)=O.[H-].[Na+]. The number of hydroxylamine groups is 2. The predicted molar refractivity (Wildman–Crippen MR) is 93.2 cm³/mol. The van der Waals surface area contributed by atoms with E-state index < -0.39 is 11.6 Å². The third-order valence-corrected chi connectivity index (χ3v) is 4.64. The molecule has 26 heavy (non-hydrogen) atoms. The van der Waals surface area contributed by atoms with Gasteiger partial charge in [-0.1, -0.05) is 36.4 Å². The predicted octanol–water partition coefficient (Wildman–Crippen LogP) is 1.33. The molecule has 7 heteroatoms. The van der Waals surface area contributed by atoms with Crippen molar-refractivity contribution in [3.05, 3.63) is 72.2 Å². The molecule has 2 aromatic heterocycles. The van der Waals surface area contributed by atoms with Crippen molar-refractivity contribution in [3.8, 4) is 0 Å². The van der Waals surface area contributed by atoms with E-state index in [-0.39, 0.29) is 31.0 Å². The number of carbonyl (C=O) groups excluding carboxylic acids is 1. The smallest absolute Gasteiger partial charge is 1.00 e. The fraction of sp³-hybridized carbons (Fsp3) is 0.105. The monoisotopic (exact) mass is 360 g/mol. The van der Waals surface area contributed by atoms with Gasteiger partial charge in [0.15, 0.2) is 0 Å². The number of carbonyl (C=O) groups is 1. The van der Waals surface area contributed by atoms with Gasteiger partial charge in [0.05, 0.1) is 12.5 Å². The quantitative estimate of drug-likeness (QED) is 0.327. The first-order chi connectivity index (χ1) is 12.0. The van der Waals surface area contributed by atoms with Gasteiger partial charge in [-0.3, -0.25) is 5.21 Å². The zero-order valence-electron chi connectivity index (χ0n) is 15.5. The van der Waals surface area contributed by atoms with Crippen molar-refractivity contribution in [2.24, 2.45) is 5.73 Å². The van der Waals surface area contributed by atoms with Crippen molar-refractivity contribution in [1.29, 1.82) is 0 Å². The van der Waals surface area contributed by atoms with E-state index in [1.807, 2.05) is 48.5 Å². The average Bonchev–Trinajstić information content (AvgIpc) is 3.25. The number of nitrogens with zero attached hydrogens (tertiary/aromatic N) is 1. The van der Waals surface area contributed by atoms with Crippen LogP contribution in [0.4, 0.5) is 4.79 Å². The maximum absolute atomic E-state index is 11.8. The standard InChI is InChI=1S/C19H16N2O4.Na.H/c1-19(21(23)18(20)22,14-10-24-16-8-4-2-6-12(14)16)15-11-25-17-9-5-3-7-13(15)17;;/h2-11,23H,1H3,(H2,20,22);;/q;+1;-1. The van der Waals surface area contributed by atoms with E-state index in [9.17, 15) is 10.0 Å². The molecule has 4 rings (SSSR count). The molecule has 128 valence electrons. The molecule has 0 aliphatic carbocycles. The molecular weight excluding hydrogens is 343 g/mol. The summed E-state index contributed by atoms with van der Waals surface area (Å²) in [5.74, 6) is 0. The molecular formula is C19H17N2NaO4. The second-order valence-corrected chi connectivity index (χ2v) is 6.01. The van der Waals surface area contributed by atoms with Crippen molar-refractivity contribution in [3.63, 3.8) is 0 Å². The van der Waals surface area contributed by atoms with E-state index in [1.165, 1.54) is 12.5 Å². The Morgan fingerprint density at radius 1 is 1.00 bits per heavy atom. The van der Waals surface area contributed by atoms with Gasteiger partial charge < -0.3 is 16.0 Å². The zero-order valence-corrected chi connectivity index (χ0v) is 16.5. The number of rotatable bonds is 3. The first-order valence-corrected chi connectivity index (χ1v) is 7.75. The van der Waals surface area contributed by atoms with Gasteiger partial charge in [0.1, 0.15) is 16.7 Å². The van der Waals surface area contributed by atoms with Gasteiger partial charge in [-0.15, -0.1) is 0 Å². The van der Waals surface area contributed by atoms with Crippen molar-refractivity contribution < 1.29 is 49.8 Å². The van der Waals surface area contributed by atoms with Crippen LogP contribution in [0.3, 0.4) is 0 Å². The van der Waals surface area contributed by atoms with Crippen LogP contribution in [-0.2, 0) is 5.54 Å². The van der Waals surface area contributed by atoms with Crippen molar-refractivity contribution in [2.75, 3.05) is 0 Å². The van der Waals surface area contributed by atoms with Gasteiger partial charge in [-0.05, 0) is 19.1 Å². The van der Waals surface area contributed by atoms with Gasteiger partial charge in [0.2, 0.25) is 0 Å². The topological polar surface area (TPSA) is 92.8 Å². The van der Waals surface area contributed by atoms with Gasteiger partial charge in [0.25, 0.3) is 0 Å². The van der Waals surface area contributed by atoms with Gasteiger partial charge >= 0.3 is 35.6 Å². The Morgan fingerprint density at radius 2 is 1.42 bits per heavy atom. The fourth-order valence-corrected chi connectivity index (χ4v) is 3.30. The van der Waals surface area contributed by atoms with Crippen molar-refractivity contribution in [2.45, 2.75) is 12.5 Å². The Bertz CT molecular complexity index is 1020. The molecule has 3 N–H and O–H groups in total. The number of amides is 2. The van der Waals surface area contributed by atoms with Gasteiger partial charge in [0, 0.05) is 21.9 Å². The van der Waals surface area contributed by atoms with Crippen LogP contribution in [0, 0.1) is 0 Å². The van der Waals surface area contributed by atoms with Crippen molar-refractivity contribution >= 4 is 28.0 Å². The average molecular weight is 360 g/mol. The summed E-state index contributed by atoms with van der Waals surface area (Å²) < 4.78 is 11.2. The molecule has 0 saturated heterocycles. The van der Waals surface area contributed by atoms with E-state index in [4.69, 9.17) is 14.6 Å². The molecule has 2 amide bonds. The molecule has 2 heterocycles. The zero-order chi connectivity index (χ0) is 17.6. The van der Waals surface area contributed by atoms with E-state index in [0.717, 1.165) is 10.8 Å². The molecule has 2 aromatic carbocycles. The minimum Gasteiger partial charge on any atom is -1.00 e. The summed E-state index contributed by atoms with van der Waals surface area (Å²) in [6, 6.07) is 13.8. The second-order valence-electron chi connectivity index (χ2n) is 6.01. The van der Waals surface area contributed by atoms with Crippen LogP contribution in [0.1, 0.15) is 19.5 Å². The molecule has 0 bridgehead atoms. The first-order valence-electron chi connectivity index (χ1n) is 7.75. The van der Waals surface area contributed by atoms with Crippen molar-refractivity contribution in [1.82, 2.24) is 5.06 Å². The molecule has 0 saturated carbocycles. The van der Waals surface area contributed by atoms with Gasteiger partial charge in [-0.25, -0.2) is 4.79 Å². The molecule has 0 unspecified atom stereocenters. The summed E-state index contributed by atoms with van der Waals surface area (Å²) >= 11 is 0. The van der Waals surface area contributed by atoms with Crippen LogP contribution < -0.4 is 35.3 Å². The molecule has 0 aliphatic heterocycles. The van der Waals surface area contributed by atoms with Crippen LogP contribution in [-0.4, -0.2) is 16.3 Å². The second kappa shape index (κ2) is 6.81. The Morgan fingerprint density at radius 3 is 1.85 bits per heavy atom. The molecule has 0 aliphatic rings. The summed E-state index contributed by atoms with van der Waals surface area (Å²) in [4.78, 5) is 11.8. The number of nitrogens with two attached hydrogens (primary N) is 1. The van der Waals surface area contributed by atoms with Crippen LogP contribution in [0.2, 0.25) is 0 Å². The van der Waals surface area contributed by atoms with E-state index in [2.05, 4.69) is 0 Å². The Balaban J connectivity index is 0.00000131. The third kappa shape index (κ3) is 2.62. The Hall–Kier alpha value is -2.25. The minimum atomic E-state index is -1.29. The number of benzene rings is 2. The van der Waals surface area contributed by atoms with Crippen LogP contribution in [0.15, 0.2) is 69.9 Å². The summed E-state index contributed by atoms with van der Waals surface area (Å²) in [6.45, 7) is 1.70. The first kappa shape index (κ1) is 18.5. The molecule has 6 nitrogen and oxygen atoms in total. The van der Waals surface area contributed by atoms with E-state index >= 15 is 0 Å². The summed E-state index contributed by atoms with van der Waals surface area (Å²) in [6.07, 6.45) is 3.05. The van der Waals surface area contributed by atoms with E-state index in [0.29, 0.717) is 27.4 Å². The summed E-state index contributed by atoms with van der Waals surface area (Å²) in [5, 5.41) is 12.6. The molecule has 4 aromatic rings. The normalized spacial score (nSPS) is 11.5. The maximum Gasteiger partial charge on any atom is 1.00 e. The molecule has 0 radical (unpaired) electrons. The number of fused-ring (bicyclic) bond motifs is 2. The third-order valence-electron chi connectivity index (χ3n) is 4.64. The Labute approximate surface area is 172 Å². The van der Waals surface area contributed by atoms with Crippen LogP contribution in [0.25, 0.3) is 21.9 Å². The molecule has 0 fully saturated rings. The molecule has 0 atom stereocenters. The minimum absolute atomic E-state index is 0. The van der Waals surface area contributed by atoms with E-state index in [1.54, 1.807) is 6.92 Å². The number of urea groups is 1. The number of primary amides is 1. The number of hydrogen-bond acceptors (Lipinski definition) is 4. The number of furan rings is 2. The summed E-state index contributed by atoms with van der Waals surface area (Å²) in [5.41, 5.74) is 6.62. The van der Waals surface area contributed by atoms with Gasteiger partial charge in [-0.2, -0.15) is 5.06 Å². The molecule has 0 spiro atoms. The van der Waals surface area contributed by atoms with Crippen LogP contribution >= 0.6 is 0 Å². The summed E-state index contributed by atoms with van der Waals surface area (Å²) in [7, 11) is 0. The Kier molecular flexibility index (Phi) is 4.86. The largest absolute Gasteiger partial charge is 1.00 e. The maximum atomic E-state index is 11.8. The fourth-order valence-electron chi connectivity index (χ4n) is 3.30. The van der Waals surface area contributed by atoms with Crippen LogP contribution in [0.5, 0.6) is 0 Å². The number of hydrogen-bond donors (Lipinski definition) is 2.